The Morgan fingerprint density at radius 1 is 0.477 bits per heavy atom. The number of aromatic amines is 3. The second kappa shape index (κ2) is 46.4. The van der Waals surface area contributed by atoms with Crippen LogP contribution in [-0.2, 0) is 25.6 Å². The molecule has 2 saturated carbocycles. The summed E-state index contributed by atoms with van der Waals surface area (Å²) in [6, 6.07) is 6.13. The Labute approximate surface area is 649 Å². The molecule has 3 aromatic heterocycles. The predicted molar refractivity (Wildman–Crippen MR) is 451 cm³/mol. The first-order valence-corrected chi connectivity index (χ1v) is 54.8. The topological polar surface area (TPSA) is 400 Å². The van der Waals surface area contributed by atoms with Crippen molar-refractivity contribution < 1.29 is 55.0 Å². The van der Waals surface area contributed by atoms with Gasteiger partial charge in [-0.2, -0.15) is 0 Å². The fourth-order valence-electron chi connectivity index (χ4n) is 15.1. The number of nitrogens with zero attached hydrogens (tertiary/aromatic N) is 3. The van der Waals surface area contributed by atoms with E-state index in [1.807, 2.05) is 26.2 Å². The number of aliphatic hydroxyl groups excluding tert-OH is 2. The fourth-order valence-corrected chi connectivity index (χ4v) is 42.1. The monoisotopic (exact) mass is 1620 g/mol. The van der Waals surface area contributed by atoms with Crippen LogP contribution in [0.3, 0.4) is 0 Å². The minimum atomic E-state index is -2.97. The summed E-state index contributed by atoms with van der Waals surface area (Å²) >= 11 is 0. The number of urea groups is 2. The number of carbonyl (C=O) groups excluding carboxylic acids is 4. The second-order valence-corrected chi connectivity index (χ2v) is 57.9. The summed E-state index contributed by atoms with van der Waals surface area (Å²) in [5.41, 5.74) is 5.10. The van der Waals surface area contributed by atoms with Gasteiger partial charge in [-0.25, -0.2) is 34.1 Å². The van der Waals surface area contributed by atoms with E-state index >= 15 is 0 Å². The number of aliphatic hydroxyl groups is 2. The number of alkyl carbamates (subject to hydrolysis) is 1. The number of nitrogens with one attached hydrogen (secondary N) is 9. The number of nitrogen functional groups attached to an aromatic ring is 1. The molecule has 0 aliphatic heterocycles. The molecule has 13 N–H and O–H groups in total. The van der Waals surface area contributed by atoms with Gasteiger partial charge >= 0.3 is 49.9 Å². The number of carbonyl (C=O) groups is 4. The lowest BCUT2D eigenvalue weighted by atomic mass is 9.62. The maximum absolute atomic E-state index is 13.4. The van der Waals surface area contributed by atoms with Gasteiger partial charge in [-0.15, -0.1) is 0 Å². The summed E-state index contributed by atoms with van der Waals surface area (Å²) < 4.78 is 38.2. The van der Waals surface area contributed by atoms with E-state index in [1.165, 1.54) is 56.0 Å². The standard InChI is InChI=1S/C46H82N10O10Si3.C18H44O4Si3.C5H7N3O.4CH4/c1-31-21-35(57)53-37(49-31)55-39(59)47-29-45(7)25-33(23-43(3,4)27-45)51-41(61)63-19-17-15-16-18-20-67(9,10)65-69(13,14)66-68(11,12)64-42(62)52-34-24-44(5,6)28-46(8,26-34)30-48-40(60)56-38-50-32(2)22-36(58)54-38;1-23(2,17-13-9-7-11-15-19)21-25(5,6)22-24(3,4)18-14-10-8-12-16-20;1-3-2-4(9)8-5(6)7-3;;;;/h21-22,33-34H,15-20,23-30H2,1-14H3,(H,51,61)(H,52,62)(H3,47,49,53,55,57,59)(H3,48,50,54,56,58,60);19-20H,7-18H2,1-6H3;2H,1H3,(H3,6,7,8,9);4*1H4. The van der Waals surface area contributed by atoms with Gasteiger partial charge in [0.25, 0.3) is 16.7 Å². The van der Waals surface area contributed by atoms with Crippen LogP contribution >= 0.6 is 0 Å². The third kappa shape index (κ3) is 45.5. The van der Waals surface area contributed by atoms with Gasteiger partial charge in [0.15, 0.2) is 25.0 Å². The van der Waals surface area contributed by atoms with Crippen LogP contribution < -0.4 is 54.3 Å². The zero-order valence-electron chi connectivity index (χ0n) is 66.4. The van der Waals surface area contributed by atoms with Crippen LogP contribution in [0.4, 0.5) is 37.0 Å². The number of aryl methyl sites for hydroxylation is 3. The Bertz CT molecular complexity index is 3290. The smallest absolute Gasteiger partial charge is 0.407 e. The maximum atomic E-state index is 13.4. The van der Waals surface area contributed by atoms with Crippen molar-refractivity contribution in [3.05, 3.63) is 66.3 Å². The van der Waals surface area contributed by atoms with Crippen molar-refractivity contribution in [2.45, 2.75) is 316 Å². The molecule has 3 aromatic rings. The molecule has 0 spiro atoms. The number of hydrogen-bond donors (Lipinski definition) is 12. The van der Waals surface area contributed by atoms with Gasteiger partial charge in [0.2, 0.25) is 17.8 Å². The molecule has 3 heterocycles. The summed E-state index contributed by atoms with van der Waals surface area (Å²) in [5.74, 6) is 0.325. The van der Waals surface area contributed by atoms with Crippen molar-refractivity contribution >= 4 is 92.7 Å². The summed E-state index contributed by atoms with van der Waals surface area (Å²) in [6.07, 6.45) is 16.0. The molecular weight excluding hydrogens is 1470 g/mol. The van der Waals surface area contributed by atoms with Gasteiger partial charge < -0.3 is 62.8 Å². The number of anilines is 3. The molecule has 4 unspecified atom stereocenters. The van der Waals surface area contributed by atoms with E-state index in [4.69, 9.17) is 41.6 Å². The minimum Gasteiger partial charge on any atom is -0.479 e. The van der Waals surface area contributed by atoms with Crippen molar-refractivity contribution in [2.75, 3.05) is 49.3 Å². The average molecular weight is 1620 g/mol. The third-order valence-electron chi connectivity index (χ3n) is 17.7. The fraction of sp³-hybridized carbons (Fsp3) is 0.781. The van der Waals surface area contributed by atoms with Crippen molar-refractivity contribution in [3.63, 3.8) is 0 Å². The molecule has 0 radical (unpaired) electrons. The van der Waals surface area contributed by atoms with Gasteiger partial charge in [0.1, 0.15) is 0 Å². The number of amides is 6. The van der Waals surface area contributed by atoms with E-state index < -0.39 is 74.9 Å². The highest BCUT2D eigenvalue weighted by molar-refractivity contribution is 6.88. The lowest BCUT2D eigenvalue weighted by Gasteiger charge is -2.47. The highest BCUT2D eigenvalue weighted by Crippen LogP contribution is 2.47. The van der Waals surface area contributed by atoms with Crippen LogP contribution in [0.25, 0.3) is 0 Å². The van der Waals surface area contributed by atoms with E-state index in [-0.39, 0.29) is 98.0 Å². The van der Waals surface area contributed by atoms with Crippen molar-refractivity contribution in [3.8, 4) is 0 Å². The second-order valence-electron chi connectivity index (χ2n) is 34.0. The number of nitrogens with two attached hydrogens (primary N) is 1. The third-order valence-corrected chi connectivity index (χ3v) is 39.5. The van der Waals surface area contributed by atoms with Gasteiger partial charge in [-0.1, -0.05) is 129 Å². The zero-order chi connectivity index (χ0) is 77.9. The molecule has 0 bridgehead atoms. The molecule has 2 aliphatic carbocycles. The predicted octanol–water partition coefficient (Wildman–Crippen LogP) is 15.7. The number of rotatable bonds is 36. The van der Waals surface area contributed by atoms with Crippen LogP contribution in [0.1, 0.15) is 204 Å². The van der Waals surface area contributed by atoms with Crippen LogP contribution in [-0.4, -0.2) is 160 Å². The highest BCUT2D eigenvalue weighted by atomic mass is 28.5. The molecule has 0 saturated heterocycles. The lowest BCUT2D eigenvalue weighted by Crippen LogP contribution is -2.56. The SMILES string of the molecule is C.C.C.C.C[Si](C)(CCCCCCO)O[Si](C)(C)O[Si](C)(C)CCCCCCO.Cc1cc(=O)[nH]c(N)n1.Cc1cc(=O)[nH]c(NC(=O)NCC2(C)CC(NC(=O)OCCCCCC[Si](C)(C)O[Si](C)(C)O[Si](C)(C)OC(=O)NC3CC(C)(C)CC(C)(CNC(=O)Nc4nc(C)cc(=O)[nH]4)C3)CC(C)(C)C2)n1. The summed E-state index contributed by atoms with van der Waals surface area (Å²) in [4.78, 5) is 105. The Kier molecular flexibility index (Phi) is 45.0. The van der Waals surface area contributed by atoms with E-state index in [0.29, 0.717) is 62.8 Å². The van der Waals surface area contributed by atoms with E-state index in [1.54, 1.807) is 20.8 Å². The molecule has 0 aromatic carbocycles. The molecule has 2 aliphatic rings. The number of unbranched alkanes of at least 4 members (excludes halogenated alkanes) is 9. The molecule has 6 amide bonds. The van der Waals surface area contributed by atoms with E-state index in [2.05, 4.69) is 156 Å². The largest absolute Gasteiger partial charge is 0.479 e. The van der Waals surface area contributed by atoms with Gasteiger partial charge in [0, 0.05) is 73.7 Å². The summed E-state index contributed by atoms with van der Waals surface area (Å²) in [7, 11) is -13.3. The highest BCUT2D eigenvalue weighted by Gasteiger charge is 2.46. The van der Waals surface area contributed by atoms with Crippen LogP contribution in [0.5, 0.6) is 0 Å². The van der Waals surface area contributed by atoms with Gasteiger partial charge in [-0.05, 0) is 197 Å². The Balaban J connectivity index is 0. The Morgan fingerprint density at radius 3 is 1.17 bits per heavy atom. The van der Waals surface area contributed by atoms with Crippen LogP contribution in [0, 0.1) is 42.4 Å². The van der Waals surface area contributed by atoms with Crippen molar-refractivity contribution in [1.29, 1.82) is 0 Å². The van der Waals surface area contributed by atoms with E-state index in [9.17, 15) is 33.6 Å². The van der Waals surface area contributed by atoms with Gasteiger partial charge in [-0.3, -0.25) is 40.0 Å². The lowest BCUT2D eigenvalue weighted by molar-refractivity contribution is 0.0666. The molecule has 620 valence electrons. The van der Waals surface area contributed by atoms with Crippen molar-refractivity contribution in [2.24, 2.45) is 21.7 Å². The average Bonchev–Trinajstić information content (AvgIpc) is 0.798. The first-order valence-electron chi connectivity index (χ1n) is 37.0. The van der Waals surface area contributed by atoms with Crippen LogP contribution in [0.15, 0.2) is 32.6 Å². The number of aromatic nitrogens is 6. The molecule has 28 nitrogen and oxygen atoms in total. The molecule has 5 rings (SSSR count). The molecule has 107 heavy (non-hydrogen) atoms. The van der Waals surface area contributed by atoms with E-state index in [0.717, 1.165) is 83.1 Å². The summed E-state index contributed by atoms with van der Waals surface area (Å²) in [6.45, 7) is 45.4. The molecule has 34 heteroatoms. The molecule has 4 atom stereocenters. The quantitative estimate of drug-likeness (QED) is 0.0190. The minimum absolute atomic E-state index is 0. The first kappa shape index (κ1) is 104. The molecule has 2 fully saturated rings. The first-order chi connectivity index (χ1) is 47.4. The maximum Gasteiger partial charge on any atom is 0.407 e. The van der Waals surface area contributed by atoms with Gasteiger partial charge in [0.05, 0.1) is 6.61 Å². The number of H-pyrrole nitrogens is 3. The normalized spacial score (nSPS) is 18.4. The summed E-state index contributed by atoms with van der Waals surface area (Å²) in [5, 5.41) is 34.9. The van der Waals surface area contributed by atoms with Crippen LogP contribution in [0.2, 0.25) is 96.7 Å². The van der Waals surface area contributed by atoms with Crippen molar-refractivity contribution in [1.82, 2.24) is 51.2 Å². The Morgan fingerprint density at radius 2 is 0.813 bits per heavy atom. The number of hydrogen-bond acceptors (Lipinski definition) is 19. The Hall–Kier alpha value is -5.42. The number of ether oxygens (including phenoxy) is 1. The molecular formula is C73H149N13O15Si6. The zero-order valence-corrected chi connectivity index (χ0v) is 72.4.